The molecule has 8 heteroatoms. The van der Waals surface area contributed by atoms with Gasteiger partial charge in [0, 0.05) is 43.5 Å². The third-order valence-electron chi connectivity index (χ3n) is 6.68. The molecule has 0 radical (unpaired) electrons. The number of ether oxygens (including phenoxy) is 3. The van der Waals surface area contributed by atoms with Gasteiger partial charge in [0.2, 0.25) is 5.91 Å². The Kier molecular flexibility index (Phi) is 5.22. The zero-order valence-corrected chi connectivity index (χ0v) is 18.3. The molecule has 3 aliphatic rings. The number of H-pyrrole nitrogens is 1. The van der Waals surface area contributed by atoms with Gasteiger partial charge in [-0.05, 0) is 55.5 Å². The van der Waals surface area contributed by atoms with E-state index in [0.29, 0.717) is 31.2 Å². The lowest BCUT2D eigenvalue weighted by Gasteiger charge is -2.25. The minimum absolute atomic E-state index is 0.0120. The molecule has 1 atom stereocenters. The summed E-state index contributed by atoms with van der Waals surface area (Å²) in [6.45, 7) is 2.22. The van der Waals surface area contributed by atoms with Crippen molar-refractivity contribution in [1.29, 1.82) is 0 Å². The van der Waals surface area contributed by atoms with E-state index < -0.39 is 0 Å². The van der Waals surface area contributed by atoms with Gasteiger partial charge in [-0.15, -0.1) is 0 Å². The van der Waals surface area contributed by atoms with Gasteiger partial charge in [0.15, 0.2) is 0 Å². The number of aromatic amines is 1. The molecule has 0 saturated carbocycles. The molecule has 6 rings (SSSR count). The second-order valence-electron chi connectivity index (χ2n) is 8.87. The molecular formula is C25H26N4O4. The molecule has 1 fully saturated rings. The number of amides is 1. The minimum Gasteiger partial charge on any atom is -0.493 e. The monoisotopic (exact) mass is 446 g/mol. The average Bonchev–Trinajstić information content (AvgIpc) is 3.35. The topological polar surface area (TPSA) is 98.4 Å². The number of hydrogen-bond donors (Lipinski definition) is 2. The zero-order chi connectivity index (χ0) is 22.2. The van der Waals surface area contributed by atoms with E-state index in [1.54, 1.807) is 6.20 Å². The summed E-state index contributed by atoms with van der Waals surface area (Å²) in [5, 5.41) is 2.82. The van der Waals surface area contributed by atoms with Gasteiger partial charge in [0.1, 0.15) is 28.9 Å². The Morgan fingerprint density at radius 1 is 1.09 bits per heavy atom. The van der Waals surface area contributed by atoms with Crippen LogP contribution in [0.5, 0.6) is 17.2 Å². The van der Waals surface area contributed by atoms with Gasteiger partial charge in [-0.25, -0.2) is 9.97 Å². The molecule has 1 saturated heterocycles. The maximum absolute atomic E-state index is 11.7. The highest BCUT2D eigenvalue weighted by Crippen LogP contribution is 2.38. The van der Waals surface area contributed by atoms with E-state index in [2.05, 4.69) is 15.3 Å². The van der Waals surface area contributed by atoms with Crippen molar-refractivity contribution in [2.24, 2.45) is 0 Å². The normalized spacial score (nSPS) is 20.4. The Hall–Kier alpha value is -3.39. The Balaban J connectivity index is 1.20. The van der Waals surface area contributed by atoms with Crippen LogP contribution in [0.25, 0.3) is 0 Å². The lowest BCUT2D eigenvalue weighted by Crippen LogP contribution is -2.21. The summed E-state index contributed by atoms with van der Waals surface area (Å²) in [5.41, 5.74) is 3.16. The average molecular weight is 447 g/mol. The predicted octanol–water partition coefficient (Wildman–Crippen LogP) is 4.09. The molecule has 5 heterocycles. The van der Waals surface area contributed by atoms with Gasteiger partial charge in [-0.2, -0.15) is 0 Å². The third-order valence-corrected chi connectivity index (χ3v) is 6.68. The number of imidazole rings is 1. The van der Waals surface area contributed by atoms with E-state index in [-0.39, 0.29) is 11.8 Å². The Labute approximate surface area is 191 Å². The van der Waals surface area contributed by atoms with Crippen molar-refractivity contribution in [3.05, 3.63) is 59.3 Å². The number of anilines is 1. The van der Waals surface area contributed by atoms with E-state index in [0.717, 1.165) is 72.4 Å². The molecule has 0 unspecified atom stereocenters. The van der Waals surface area contributed by atoms with E-state index >= 15 is 0 Å². The highest BCUT2D eigenvalue weighted by molar-refractivity contribution is 5.93. The summed E-state index contributed by atoms with van der Waals surface area (Å²) in [7, 11) is 0. The molecule has 3 aliphatic heterocycles. The van der Waals surface area contributed by atoms with Crippen molar-refractivity contribution in [1.82, 2.24) is 15.0 Å². The van der Waals surface area contributed by atoms with Crippen LogP contribution >= 0.6 is 0 Å². The van der Waals surface area contributed by atoms with Crippen molar-refractivity contribution in [3.8, 4) is 17.2 Å². The largest absolute Gasteiger partial charge is 0.493 e. The first-order valence-corrected chi connectivity index (χ1v) is 11.6. The number of nitrogens with one attached hydrogen (secondary N) is 2. The lowest BCUT2D eigenvalue weighted by molar-refractivity contribution is -0.116. The quantitative estimate of drug-likeness (QED) is 0.626. The molecule has 2 aromatic heterocycles. The van der Waals surface area contributed by atoms with Crippen LogP contribution in [0, 0.1) is 0 Å². The van der Waals surface area contributed by atoms with Crippen LogP contribution in [0.1, 0.15) is 53.7 Å². The highest BCUT2D eigenvalue weighted by atomic mass is 16.5. The lowest BCUT2D eigenvalue weighted by atomic mass is 9.95. The van der Waals surface area contributed by atoms with Gasteiger partial charge in [-0.3, -0.25) is 4.79 Å². The van der Waals surface area contributed by atoms with Gasteiger partial charge < -0.3 is 24.5 Å². The SMILES string of the molecule is O=C1CCc2c(Oc3ccc4c(c3)C[C@@H](c3nc(C5CCOCC5)c[nH]3)CO4)ccnc2N1. The molecule has 0 spiro atoms. The number of fused-ring (bicyclic) bond motifs is 2. The van der Waals surface area contributed by atoms with Crippen LogP contribution in [0.15, 0.2) is 36.7 Å². The molecule has 1 amide bonds. The Morgan fingerprint density at radius 2 is 2.00 bits per heavy atom. The summed E-state index contributed by atoms with van der Waals surface area (Å²) in [5.74, 6) is 4.55. The van der Waals surface area contributed by atoms with Gasteiger partial charge in [0.25, 0.3) is 0 Å². The van der Waals surface area contributed by atoms with Crippen molar-refractivity contribution < 1.29 is 19.0 Å². The molecule has 0 aliphatic carbocycles. The maximum Gasteiger partial charge on any atom is 0.225 e. The van der Waals surface area contributed by atoms with Crippen LogP contribution in [0.4, 0.5) is 5.82 Å². The van der Waals surface area contributed by atoms with Crippen molar-refractivity contribution in [3.63, 3.8) is 0 Å². The van der Waals surface area contributed by atoms with E-state index in [4.69, 9.17) is 19.2 Å². The minimum atomic E-state index is -0.0120. The number of carbonyl (C=O) groups excluding carboxylic acids is 1. The Morgan fingerprint density at radius 3 is 2.91 bits per heavy atom. The molecule has 2 N–H and O–H groups in total. The summed E-state index contributed by atoms with van der Waals surface area (Å²) in [6, 6.07) is 7.77. The predicted molar refractivity (Wildman–Crippen MR) is 121 cm³/mol. The van der Waals surface area contributed by atoms with Crippen LogP contribution < -0.4 is 14.8 Å². The molecule has 1 aromatic carbocycles. The molecule has 0 bridgehead atoms. The highest BCUT2D eigenvalue weighted by Gasteiger charge is 2.27. The van der Waals surface area contributed by atoms with E-state index in [1.807, 2.05) is 30.5 Å². The smallest absolute Gasteiger partial charge is 0.225 e. The third kappa shape index (κ3) is 4.06. The van der Waals surface area contributed by atoms with Gasteiger partial charge in [-0.1, -0.05) is 0 Å². The summed E-state index contributed by atoms with van der Waals surface area (Å²) in [4.78, 5) is 24.3. The molecule has 8 nitrogen and oxygen atoms in total. The van der Waals surface area contributed by atoms with Crippen LogP contribution in [-0.2, 0) is 22.4 Å². The molecular weight excluding hydrogens is 420 g/mol. The van der Waals surface area contributed by atoms with Crippen LogP contribution in [0.2, 0.25) is 0 Å². The summed E-state index contributed by atoms with van der Waals surface area (Å²) >= 11 is 0. The maximum atomic E-state index is 11.7. The standard InChI is InChI=1S/C25H26N4O4/c30-23-4-2-19-22(5-8-26-25(19)29-23)33-18-1-3-21-16(12-18)11-17(14-32-21)24-27-13-20(28-24)15-6-9-31-10-7-15/h1,3,5,8,12-13,15,17H,2,4,6-7,9-11,14H2,(H,27,28)(H,26,29,30)/t17-/m1/s1. The van der Waals surface area contributed by atoms with Crippen molar-refractivity contribution in [2.45, 2.75) is 43.9 Å². The van der Waals surface area contributed by atoms with Crippen LogP contribution in [-0.4, -0.2) is 40.7 Å². The number of carbonyl (C=O) groups is 1. The fourth-order valence-electron chi connectivity index (χ4n) is 4.85. The van der Waals surface area contributed by atoms with Crippen molar-refractivity contribution in [2.75, 3.05) is 25.1 Å². The first kappa shape index (κ1) is 20.2. The van der Waals surface area contributed by atoms with Crippen molar-refractivity contribution >= 4 is 11.7 Å². The molecule has 3 aromatic rings. The number of nitrogens with zero attached hydrogens (tertiary/aromatic N) is 2. The number of hydrogen-bond acceptors (Lipinski definition) is 6. The summed E-state index contributed by atoms with van der Waals surface area (Å²) < 4.78 is 17.8. The van der Waals surface area contributed by atoms with E-state index in [9.17, 15) is 4.79 Å². The van der Waals surface area contributed by atoms with Gasteiger partial charge >= 0.3 is 0 Å². The first-order chi connectivity index (χ1) is 16.2. The van der Waals surface area contributed by atoms with Gasteiger partial charge in [0.05, 0.1) is 18.2 Å². The molecule has 170 valence electrons. The fraction of sp³-hybridized carbons (Fsp3) is 0.400. The first-order valence-electron chi connectivity index (χ1n) is 11.6. The van der Waals surface area contributed by atoms with Crippen LogP contribution in [0.3, 0.4) is 0 Å². The Bertz CT molecular complexity index is 1180. The zero-order valence-electron chi connectivity index (χ0n) is 18.3. The van der Waals surface area contributed by atoms with E-state index in [1.165, 1.54) is 0 Å². The number of aromatic nitrogens is 3. The fourth-order valence-corrected chi connectivity index (χ4v) is 4.85. The number of rotatable bonds is 4. The number of pyridine rings is 1. The summed E-state index contributed by atoms with van der Waals surface area (Å²) in [6.07, 6.45) is 7.64. The number of benzene rings is 1. The second-order valence-corrected chi connectivity index (χ2v) is 8.87. The second kappa shape index (κ2) is 8.51. The molecule has 33 heavy (non-hydrogen) atoms.